The molecule has 0 bridgehead atoms. The van der Waals surface area contributed by atoms with Gasteiger partial charge in [-0.05, 0) is 47.4 Å². The number of hydrogen-bond donors (Lipinski definition) is 2. The first-order chi connectivity index (χ1) is 11.7. The molecule has 0 aliphatic carbocycles. The molecule has 1 aliphatic rings. The van der Waals surface area contributed by atoms with Crippen LogP contribution in [0.1, 0.15) is 30.9 Å². The lowest BCUT2D eigenvalue weighted by atomic mass is 9.89. The third kappa shape index (κ3) is 3.82. The number of halogens is 1. The van der Waals surface area contributed by atoms with Gasteiger partial charge in [-0.15, -0.1) is 0 Å². The third-order valence-corrected chi connectivity index (χ3v) is 5.40. The second-order valence-electron chi connectivity index (χ2n) is 6.50. The molecule has 1 unspecified atom stereocenters. The van der Waals surface area contributed by atoms with Crippen LogP contribution in [0.5, 0.6) is 0 Å². The Balaban J connectivity index is 1.81. The maximum Gasteiger partial charge on any atom is 0.236 e. The number of rotatable bonds is 5. The third-order valence-electron chi connectivity index (χ3n) is 4.14. The molecule has 25 heavy (non-hydrogen) atoms. The highest BCUT2D eigenvalue weighted by Gasteiger charge is 2.33. The average molecular weight is 362 g/mol. The fourth-order valence-corrected chi connectivity index (χ4v) is 4.22. The average Bonchev–Trinajstić information content (AvgIpc) is 2.84. The van der Waals surface area contributed by atoms with Gasteiger partial charge >= 0.3 is 0 Å². The van der Waals surface area contributed by atoms with Gasteiger partial charge in [-0.3, -0.25) is 9.52 Å². The molecule has 1 aliphatic heterocycles. The van der Waals surface area contributed by atoms with E-state index in [0.29, 0.717) is 16.9 Å². The Morgan fingerprint density at radius 1 is 1.16 bits per heavy atom. The molecule has 7 heteroatoms. The Labute approximate surface area is 146 Å². The predicted molar refractivity (Wildman–Crippen MR) is 95.3 cm³/mol. The van der Waals surface area contributed by atoms with Gasteiger partial charge in [0.05, 0.1) is 11.7 Å². The summed E-state index contributed by atoms with van der Waals surface area (Å²) in [5.41, 5.74) is 2.40. The summed E-state index contributed by atoms with van der Waals surface area (Å²) in [6.07, 6.45) is 0. The molecule has 0 spiro atoms. The van der Waals surface area contributed by atoms with E-state index >= 15 is 0 Å². The van der Waals surface area contributed by atoms with Gasteiger partial charge in [-0.1, -0.05) is 26.0 Å². The summed E-state index contributed by atoms with van der Waals surface area (Å²) in [6.45, 7) is 3.90. The first kappa shape index (κ1) is 17.4. The summed E-state index contributed by atoms with van der Waals surface area (Å²) in [5.74, 6) is -0.931. The SMILES string of the molecule is CC(C)C1C(=O)Nc2ccc(NS(=O)(=O)Cc3ccc(F)cc3)cc21. The molecule has 132 valence electrons. The van der Waals surface area contributed by atoms with Crippen molar-refractivity contribution in [3.8, 4) is 0 Å². The van der Waals surface area contributed by atoms with Crippen LogP contribution in [-0.2, 0) is 20.6 Å². The van der Waals surface area contributed by atoms with Crippen LogP contribution in [0.2, 0.25) is 0 Å². The van der Waals surface area contributed by atoms with Crippen LogP contribution >= 0.6 is 0 Å². The lowest BCUT2D eigenvalue weighted by molar-refractivity contribution is -0.117. The standard InChI is InChI=1S/C18H19FN2O3S/c1-11(2)17-15-9-14(7-8-16(15)20-18(17)22)21-25(23,24)10-12-3-5-13(19)6-4-12/h3-9,11,17,21H,10H2,1-2H3,(H,20,22). The second-order valence-corrected chi connectivity index (χ2v) is 8.22. The summed E-state index contributed by atoms with van der Waals surface area (Å²) >= 11 is 0. The van der Waals surface area contributed by atoms with E-state index in [-0.39, 0.29) is 23.5 Å². The normalized spacial score (nSPS) is 16.6. The van der Waals surface area contributed by atoms with Gasteiger partial charge < -0.3 is 5.32 Å². The van der Waals surface area contributed by atoms with Crippen molar-refractivity contribution >= 4 is 27.3 Å². The van der Waals surface area contributed by atoms with Gasteiger partial charge in [-0.25, -0.2) is 12.8 Å². The van der Waals surface area contributed by atoms with E-state index in [2.05, 4.69) is 10.0 Å². The molecule has 0 saturated heterocycles. The second kappa shape index (κ2) is 6.48. The van der Waals surface area contributed by atoms with Crippen LogP contribution in [0.25, 0.3) is 0 Å². The van der Waals surface area contributed by atoms with Gasteiger partial charge in [0.25, 0.3) is 0 Å². The Kier molecular flexibility index (Phi) is 4.51. The van der Waals surface area contributed by atoms with E-state index in [4.69, 9.17) is 0 Å². The molecule has 1 heterocycles. The monoisotopic (exact) mass is 362 g/mol. The predicted octanol–water partition coefficient (Wildman–Crippen LogP) is 3.46. The first-order valence-corrected chi connectivity index (χ1v) is 9.60. The minimum Gasteiger partial charge on any atom is -0.325 e. The van der Waals surface area contributed by atoms with Crippen molar-refractivity contribution in [2.24, 2.45) is 5.92 Å². The van der Waals surface area contributed by atoms with Gasteiger partial charge in [0.2, 0.25) is 15.9 Å². The van der Waals surface area contributed by atoms with E-state index in [9.17, 15) is 17.6 Å². The number of anilines is 2. The lowest BCUT2D eigenvalue weighted by Gasteiger charge is -2.14. The topological polar surface area (TPSA) is 75.3 Å². The van der Waals surface area contributed by atoms with Gasteiger partial charge in [0, 0.05) is 11.4 Å². The van der Waals surface area contributed by atoms with Crippen molar-refractivity contribution < 1.29 is 17.6 Å². The number of carbonyl (C=O) groups excluding carboxylic acids is 1. The highest BCUT2D eigenvalue weighted by molar-refractivity contribution is 7.91. The van der Waals surface area contributed by atoms with Crippen molar-refractivity contribution in [1.82, 2.24) is 0 Å². The molecule has 2 aromatic carbocycles. The molecule has 0 fully saturated rings. The smallest absolute Gasteiger partial charge is 0.236 e. The Hall–Kier alpha value is -2.41. The molecular weight excluding hydrogens is 343 g/mol. The van der Waals surface area contributed by atoms with E-state index in [1.54, 1.807) is 18.2 Å². The number of nitrogens with one attached hydrogen (secondary N) is 2. The molecule has 0 aromatic heterocycles. The largest absolute Gasteiger partial charge is 0.325 e. The number of fused-ring (bicyclic) bond motifs is 1. The molecule has 5 nitrogen and oxygen atoms in total. The van der Waals surface area contributed by atoms with Crippen molar-refractivity contribution in [3.63, 3.8) is 0 Å². The molecular formula is C18H19FN2O3S. The molecule has 3 rings (SSSR count). The van der Waals surface area contributed by atoms with Gasteiger partial charge in [0.15, 0.2) is 0 Å². The lowest BCUT2D eigenvalue weighted by Crippen LogP contribution is -2.17. The Bertz CT molecular complexity index is 908. The minimum atomic E-state index is -3.65. The minimum absolute atomic E-state index is 0.0729. The highest BCUT2D eigenvalue weighted by Crippen LogP contribution is 2.38. The number of benzene rings is 2. The number of carbonyl (C=O) groups is 1. The van der Waals surface area contributed by atoms with Crippen molar-refractivity contribution in [2.45, 2.75) is 25.5 Å². The van der Waals surface area contributed by atoms with Crippen LogP contribution < -0.4 is 10.0 Å². The van der Waals surface area contributed by atoms with E-state index in [1.807, 2.05) is 13.8 Å². The number of amides is 1. The van der Waals surface area contributed by atoms with Crippen LogP contribution in [0.3, 0.4) is 0 Å². The van der Waals surface area contributed by atoms with Crippen LogP contribution in [-0.4, -0.2) is 14.3 Å². The summed E-state index contributed by atoms with van der Waals surface area (Å²) in [7, 11) is -3.65. The Morgan fingerprint density at radius 2 is 1.84 bits per heavy atom. The van der Waals surface area contributed by atoms with E-state index in [0.717, 1.165) is 5.56 Å². The van der Waals surface area contributed by atoms with E-state index in [1.165, 1.54) is 24.3 Å². The number of hydrogen-bond acceptors (Lipinski definition) is 3. The fourth-order valence-electron chi connectivity index (χ4n) is 3.03. The maximum atomic E-state index is 12.9. The Morgan fingerprint density at radius 3 is 2.48 bits per heavy atom. The van der Waals surface area contributed by atoms with E-state index < -0.39 is 15.8 Å². The van der Waals surface area contributed by atoms with Crippen LogP contribution in [0, 0.1) is 11.7 Å². The summed E-state index contributed by atoms with van der Waals surface area (Å²) in [5, 5.41) is 2.81. The van der Waals surface area contributed by atoms with Crippen LogP contribution in [0.4, 0.5) is 15.8 Å². The maximum absolute atomic E-state index is 12.9. The zero-order valence-electron chi connectivity index (χ0n) is 13.9. The molecule has 2 aromatic rings. The van der Waals surface area contributed by atoms with Crippen molar-refractivity contribution in [2.75, 3.05) is 10.0 Å². The zero-order valence-corrected chi connectivity index (χ0v) is 14.7. The summed E-state index contributed by atoms with van der Waals surface area (Å²) < 4.78 is 40.1. The quantitative estimate of drug-likeness (QED) is 0.855. The zero-order chi connectivity index (χ0) is 18.2. The van der Waals surface area contributed by atoms with Gasteiger partial charge in [-0.2, -0.15) is 0 Å². The van der Waals surface area contributed by atoms with Crippen molar-refractivity contribution in [1.29, 1.82) is 0 Å². The molecule has 0 radical (unpaired) electrons. The highest BCUT2D eigenvalue weighted by atomic mass is 32.2. The summed E-state index contributed by atoms with van der Waals surface area (Å²) in [4.78, 5) is 12.1. The van der Waals surface area contributed by atoms with Crippen molar-refractivity contribution in [3.05, 3.63) is 59.4 Å². The molecule has 1 amide bonds. The summed E-state index contributed by atoms with van der Waals surface area (Å²) in [6, 6.07) is 10.3. The van der Waals surface area contributed by atoms with Crippen LogP contribution in [0.15, 0.2) is 42.5 Å². The molecule has 2 N–H and O–H groups in total. The van der Waals surface area contributed by atoms with Gasteiger partial charge in [0.1, 0.15) is 5.82 Å². The molecule has 1 atom stereocenters. The molecule has 0 saturated carbocycles. The fraction of sp³-hybridized carbons (Fsp3) is 0.278. The number of sulfonamides is 1. The first-order valence-electron chi connectivity index (χ1n) is 7.95.